The Morgan fingerprint density at radius 2 is 1.90 bits per heavy atom. The number of aryl methyl sites for hydroxylation is 3. The second-order valence-corrected chi connectivity index (χ2v) is 6.13. The first-order chi connectivity index (χ1) is 9.47. The Morgan fingerprint density at radius 1 is 1.25 bits per heavy atom. The predicted octanol–water partition coefficient (Wildman–Crippen LogP) is 2.48. The maximum absolute atomic E-state index is 4.50. The van der Waals surface area contributed by atoms with E-state index in [4.69, 9.17) is 0 Å². The van der Waals surface area contributed by atoms with Gasteiger partial charge in [0, 0.05) is 37.6 Å². The molecule has 108 valence electrons. The van der Waals surface area contributed by atoms with Crippen LogP contribution in [0.4, 0.5) is 0 Å². The van der Waals surface area contributed by atoms with E-state index >= 15 is 0 Å². The number of nitrogens with zero attached hydrogens (tertiary/aromatic N) is 4. The van der Waals surface area contributed by atoms with E-state index in [0.29, 0.717) is 6.04 Å². The van der Waals surface area contributed by atoms with Crippen molar-refractivity contribution in [2.45, 2.75) is 50.5 Å². The van der Waals surface area contributed by atoms with Gasteiger partial charge < -0.3 is 5.32 Å². The highest BCUT2D eigenvalue weighted by Gasteiger charge is 2.15. The lowest BCUT2D eigenvalue weighted by molar-refractivity contribution is 0.580. The molecule has 2 aromatic rings. The maximum atomic E-state index is 4.50. The molecule has 0 unspecified atom stereocenters. The zero-order valence-corrected chi connectivity index (χ0v) is 13.5. The minimum atomic E-state index is 0.447. The molecule has 0 atom stereocenters. The molecule has 0 aliphatic rings. The Kier molecular flexibility index (Phi) is 4.77. The number of aromatic nitrogens is 4. The molecule has 2 heterocycles. The lowest BCUT2D eigenvalue weighted by Crippen LogP contribution is -2.22. The summed E-state index contributed by atoms with van der Waals surface area (Å²) < 4.78 is 1.90. The van der Waals surface area contributed by atoms with Crippen LogP contribution in [0.5, 0.6) is 0 Å². The van der Waals surface area contributed by atoms with Crippen molar-refractivity contribution < 1.29 is 0 Å². The van der Waals surface area contributed by atoms with E-state index in [-0.39, 0.29) is 0 Å². The highest BCUT2D eigenvalue weighted by Crippen LogP contribution is 2.29. The Morgan fingerprint density at radius 3 is 2.50 bits per heavy atom. The van der Waals surface area contributed by atoms with Crippen molar-refractivity contribution in [2.24, 2.45) is 7.05 Å². The molecule has 0 radical (unpaired) electrons. The molecule has 0 amide bonds. The van der Waals surface area contributed by atoms with Gasteiger partial charge in [-0.25, -0.2) is 9.97 Å². The topological polar surface area (TPSA) is 55.6 Å². The normalized spacial score (nSPS) is 11.3. The van der Waals surface area contributed by atoms with Crippen molar-refractivity contribution in [1.29, 1.82) is 0 Å². The Balaban J connectivity index is 2.23. The van der Waals surface area contributed by atoms with E-state index in [1.807, 2.05) is 38.0 Å². The number of hydrogen-bond donors (Lipinski definition) is 1. The van der Waals surface area contributed by atoms with Crippen LogP contribution < -0.4 is 5.32 Å². The first-order valence-electron chi connectivity index (χ1n) is 6.69. The third kappa shape index (κ3) is 3.58. The third-order valence-electron chi connectivity index (χ3n) is 2.92. The Labute approximate surface area is 124 Å². The van der Waals surface area contributed by atoms with Gasteiger partial charge in [0.1, 0.15) is 5.03 Å². The molecule has 0 spiro atoms. The zero-order chi connectivity index (χ0) is 14.7. The summed E-state index contributed by atoms with van der Waals surface area (Å²) in [5, 5.41) is 9.80. The van der Waals surface area contributed by atoms with E-state index < -0.39 is 0 Å². The summed E-state index contributed by atoms with van der Waals surface area (Å²) in [6.45, 7) is 9.12. The lowest BCUT2D eigenvalue weighted by atomic mass is 10.2. The molecular formula is C14H21N5S. The molecule has 0 fully saturated rings. The van der Waals surface area contributed by atoms with E-state index in [2.05, 4.69) is 34.2 Å². The van der Waals surface area contributed by atoms with Gasteiger partial charge in [-0.1, -0.05) is 13.8 Å². The monoisotopic (exact) mass is 291 g/mol. The predicted molar refractivity (Wildman–Crippen MR) is 80.8 cm³/mol. The summed E-state index contributed by atoms with van der Waals surface area (Å²) >= 11 is 1.56. The van der Waals surface area contributed by atoms with Crippen LogP contribution in [0.15, 0.2) is 22.6 Å². The summed E-state index contributed by atoms with van der Waals surface area (Å²) in [5.41, 5.74) is 3.34. The fraction of sp³-hybridized carbons (Fsp3) is 0.500. The average molecular weight is 291 g/mol. The molecule has 0 saturated carbocycles. The van der Waals surface area contributed by atoms with Crippen LogP contribution in [0, 0.1) is 13.8 Å². The summed E-state index contributed by atoms with van der Waals surface area (Å²) in [7, 11) is 1.96. The van der Waals surface area contributed by atoms with Gasteiger partial charge >= 0.3 is 0 Å². The molecule has 20 heavy (non-hydrogen) atoms. The third-order valence-corrected chi connectivity index (χ3v) is 4.02. The summed E-state index contributed by atoms with van der Waals surface area (Å²) in [5.74, 6) is 0. The highest BCUT2D eigenvalue weighted by molar-refractivity contribution is 7.99. The van der Waals surface area contributed by atoms with Gasteiger partial charge in [0.2, 0.25) is 0 Å². The first-order valence-corrected chi connectivity index (χ1v) is 7.51. The van der Waals surface area contributed by atoms with Crippen molar-refractivity contribution in [2.75, 3.05) is 0 Å². The largest absolute Gasteiger partial charge is 0.310 e. The molecule has 0 aromatic carbocycles. The van der Waals surface area contributed by atoms with E-state index in [1.165, 1.54) is 5.56 Å². The molecule has 0 aliphatic heterocycles. The summed E-state index contributed by atoms with van der Waals surface area (Å²) in [6.07, 6.45) is 3.68. The summed E-state index contributed by atoms with van der Waals surface area (Å²) in [4.78, 5) is 8.70. The minimum absolute atomic E-state index is 0.447. The van der Waals surface area contributed by atoms with Gasteiger partial charge in [-0.3, -0.25) is 4.68 Å². The maximum Gasteiger partial charge on any atom is 0.193 e. The zero-order valence-electron chi connectivity index (χ0n) is 12.6. The van der Waals surface area contributed by atoms with Crippen molar-refractivity contribution in [3.05, 3.63) is 29.2 Å². The number of nitrogens with one attached hydrogen (secondary N) is 1. The fourth-order valence-electron chi connectivity index (χ4n) is 1.84. The molecule has 2 aromatic heterocycles. The first kappa shape index (κ1) is 15.0. The number of hydrogen-bond acceptors (Lipinski definition) is 5. The second kappa shape index (κ2) is 6.37. The fourth-order valence-corrected chi connectivity index (χ4v) is 2.74. The second-order valence-electron chi connectivity index (χ2n) is 5.17. The van der Waals surface area contributed by atoms with E-state index in [0.717, 1.165) is 28.0 Å². The quantitative estimate of drug-likeness (QED) is 0.858. The molecule has 0 bridgehead atoms. The van der Waals surface area contributed by atoms with Crippen molar-refractivity contribution in [1.82, 2.24) is 25.1 Å². The van der Waals surface area contributed by atoms with Gasteiger partial charge in [-0.2, -0.15) is 5.10 Å². The van der Waals surface area contributed by atoms with Crippen LogP contribution in [0.3, 0.4) is 0 Å². The minimum Gasteiger partial charge on any atom is -0.310 e. The van der Waals surface area contributed by atoms with Gasteiger partial charge in [0.05, 0.1) is 5.69 Å². The Bertz CT molecular complexity index is 574. The smallest absolute Gasteiger partial charge is 0.193 e. The highest BCUT2D eigenvalue weighted by atomic mass is 32.2. The van der Waals surface area contributed by atoms with Crippen molar-refractivity contribution in [3.8, 4) is 0 Å². The van der Waals surface area contributed by atoms with Crippen LogP contribution in [0.25, 0.3) is 0 Å². The molecule has 5 nitrogen and oxygen atoms in total. The average Bonchev–Trinajstić information content (AvgIpc) is 2.64. The SMILES string of the molecule is Cc1cnc(Sc2c(CNC(C)C)c(C)nn2C)nc1. The van der Waals surface area contributed by atoms with Gasteiger partial charge in [0.25, 0.3) is 0 Å². The van der Waals surface area contributed by atoms with Crippen molar-refractivity contribution >= 4 is 11.8 Å². The van der Waals surface area contributed by atoms with Crippen molar-refractivity contribution in [3.63, 3.8) is 0 Å². The number of rotatable bonds is 5. The van der Waals surface area contributed by atoms with Gasteiger partial charge in [-0.15, -0.1) is 0 Å². The standard InChI is InChI=1S/C14H21N5S/c1-9(2)15-8-12-11(4)18-19(5)13(12)20-14-16-6-10(3)7-17-14/h6-7,9,15H,8H2,1-5H3. The van der Waals surface area contributed by atoms with Gasteiger partial charge in [0.15, 0.2) is 5.16 Å². The molecule has 0 aliphatic carbocycles. The summed E-state index contributed by atoms with van der Waals surface area (Å²) in [6, 6.07) is 0.447. The van der Waals surface area contributed by atoms with Crippen LogP contribution in [-0.2, 0) is 13.6 Å². The Hall–Kier alpha value is -1.40. The molecule has 2 rings (SSSR count). The van der Waals surface area contributed by atoms with Gasteiger partial charge in [-0.05, 0) is 31.2 Å². The molecule has 0 saturated heterocycles. The lowest BCUT2D eigenvalue weighted by Gasteiger charge is -2.09. The van der Waals surface area contributed by atoms with Crippen LogP contribution in [0.2, 0.25) is 0 Å². The van der Waals surface area contributed by atoms with E-state index in [9.17, 15) is 0 Å². The van der Waals surface area contributed by atoms with Crippen LogP contribution >= 0.6 is 11.8 Å². The molecular weight excluding hydrogens is 270 g/mol. The van der Waals surface area contributed by atoms with E-state index in [1.54, 1.807) is 11.8 Å². The van der Waals surface area contributed by atoms with Crippen LogP contribution in [0.1, 0.15) is 30.7 Å². The molecule has 6 heteroatoms. The molecule has 1 N–H and O–H groups in total. The van der Waals surface area contributed by atoms with Crippen LogP contribution in [-0.4, -0.2) is 25.8 Å².